The molecule has 0 saturated carbocycles. The highest BCUT2D eigenvalue weighted by molar-refractivity contribution is 7.17. The topological polar surface area (TPSA) is 45.2 Å². The van der Waals surface area contributed by atoms with Gasteiger partial charge in [-0.15, -0.1) is 36.2 Å². The quantitative estimate of drug-likeness (QED) is 0.870. The number of carbonyl (C=O) groups is 1. The largest absolute Gasteiger partial charge is 0.336 e. The summed E-state index contributed by atoms with van der Waals surface area (Å²) in [5.74, 6) is 0.122. The standard InChI is InChI=1S/C17H21N3OS.2ClH/c1-12-15(17(21)20-10-6-9-14(11-20)18-2)22-16(19-12)13-7-4-3-5-8-13;;/h3-5,7-8,14,18H,6,9-11H2,1-2H3;2*1H. The van der Waals surface area contributed by atoms with Crippen molar-refractivity contribution in [3.05, 3.63) is 40.9 Å². The number of nitrogens with one attached hydrogen (secondary N) is 1. The van der Waals surface area contributed by atoms with Crippen LogP contribution in [0.4, 0.5) is 0 Å². The predicted octanol–water partition coefficient (Wildman–Crippen LogP) is 3.79. The van der Waals surface area contributed by atoms with Crippen LogP contribution in [0, 0.1) is 6.92 Å². The first-order valence-electron chi connectivity index (χ1n) is 7.68. The molecule has 1 aromatic heterocycles. The molecular formula is C17H23Cl2N3OS. The van der Waals surface area contributed by atoms with Crippen LogP contribution >= 0.6 is 36.2 Å². The van der Waals surface area contributed by atoms with E-state index in [1.807, 2.05) is 49.2 Å². The molecule has 0 spiro atoms. The van der Waals surface area contributed by atoms with Gasteiger partial charge in [0.2, 0.25) is 0 Å². The van der Waals surface area contributed by atoms with Crippen molar-refractivity contribution in [3.63, 3.8) is 0 Å². The summed E-state index contributed by atoms with van der Waals surface area (Å²) in [6.07, 6.45) is 2.19. The summed E-state index contributed by atoms with van der Waals surface area (Å²) in [6, 6.07) is 10.4. The van der Waals surface area contributed by atoms with Crippen molar-refractivity contribution in [2.75, 3.05) is 20.1 Å². The molecule has 1 atom stereocenters. The van der Waals surface area contributed by atoms with Crippen LogP contribution in [0.2, 0.25) is 0 Å². The third-order valence-corrected chi connectivity index (χ3v) is 5.32. The van der Waals surface area contributed by atoms with Crippen molar-refractivity contribution in [1.29, 1.82) is 0 Å². The molecule has 1 aliphatic heterocycles. The van der Waals surface area contributed by atoms with Crippen LogP contribution in [0.25, 0.3) is 10.6 Å². The Morgan fingerprint density at radius 1 is 1.29 bits per heavy atom. The van der Waals surface area contributed by atoms with E-state index in [9.17, 15) is 4.79 Å². The van der Waals surface area contributed by atoms with Crippen molar-refractivity contribution >= 4 is 42.1 Å². The average Bonchev–Trinajstić information content (AvgIpc) is 2.97. The fourth-order valence-corrected chi connectivity index (χ4v) is 3.88. The SMILES string of the molecule is CNC1CCCN(C(=O)c2sc(-c3ccccc3)nc2C)C1.Cl.Cl. The van der Waals surface area contributed by atoms with E-state index in [1.165, 1.54) is 11.3 Å². The zero-order chi connectivity index (χ0) is 15.5. The minimum Gasteiger partial charge on any atom is -0.336 e. The van der Waals surface area contributed by atoms with Crippen molar-refractivity contribution in [1.82, 2.24) is 15.2 Å². The first kappa shape index (κ1) is 20.9. The van der Waals surface area contributed by atoms with Gasteiger partial charge < -0.3 is 10.2 Å². The Morgan fingerprint density at radius 2 is 2.00 bits per heavy atom. The van der Waals surface area contributed by atoms with Gasteiger partial charge in [0.25, 0.3) is 5.91 Å². The van der Waals surface area contributed by atoms with Gasteiger partial charge in [0.1, 0.15) is 9.88 Å². The minimum atomic E-state index is 0. The van der Waals surface area contributed by atoms with E-state index in [2.05, 4.69) is 10.3 Å². The van der Waals surface area contributed by atoms with Crippen LogP contribution in [-0.2, 0) is 0 Å². The van der Waals surface area contributed by atoms with Gasteiger partial charge in [0, 0.05) is 24.7 Å². The van der Waals surface area contributed by atoms with Crippen molar-refractivity contribution in [2.45, 2.75) is 25.8 Å². The van der Waals surface area contributed by atoms with E-state index in [0.29, 0.717) is 6.04 Å². The number of carbonyl (C=O) groups excluding carboxylic acids is 1. The van der Waals surface area contributed by atoms with E-state index in [-0.39, 0.29) is 30.7 Å². The number of halogens is 2. The molecule has 1 amide bonds. The van der Waals surface area contributed by atoms with Crippen LogP contribution in [0.3, 0.4) is 0 Å². The molecule has 7 heteroatoms. The predicted molar refractivity (Wildman–Crippen MR) is 105 cm³/mol. The van der Waals surface area contributed by atoms with Crippen LogP contribution in [0.5, 0.6) is 0 Å². The highest BCUT2D eigenvalue weighted by atomic mass is 35.5. The Morgan fingerprint density at radius 3 is 2.67 bits per heavy atom. The second kappa shape index (κ2) is 9.37. The molecule has 1 fully saturated rings. The number of thiazole rings is 1. The second-order valence-corrected chi connectivity index (χ2v) is 6.68. The molecule has 4 nitrogen and oxygen atoms in total. The van der Waals surface area contributed by atoms with Crippen molar-refractivity contribution < 1.29 is 4.79 Å². The molecule has 0 radical (unpaired) electrons. The third kappa shape index (κ3) is 4.48. The Bertz CT molecular complexity index is 663. The fraction of sp³-hybridized carbons (Fsp3) is 0.412. The number of rotatable bonds is 3. The summed E-state index contributed by atoms with van der Waals surface area (Å²) in [5, 5.41) is 4.20. The van der Waals surface area contributed by atoms with Crippen molar-refractivity contribution in [2.24, 2.45) is 0 Å². The van der Waals surface area contributed by atoms with Gasteiger partial charge in [-0.1, -0.05) is 30.3 Å². The highest BCUT2D eigenvalue weighted by Gasteiger charge is 2.26. The van der Waals surface area contributed by atoms with Gasteiger partial charge in [-0.25, -0.2) is 4.98 Å². The number of piperidine rings is 1. The first-order chi connectivity index (χ1) is 10.7. The van der Waals surface area contributed by atoms with Crippen LogP contribution in [0.15, 0.2) is 30.3 Å². The molecular weight excluding hydrogens is 365 g/mol. The minimum absolute atomic E-state index is 0. The number of aryl methyl sites for hydroxylation is 1. The molecule has 1 aliphatic rings. The summed E-state index contributed by atoms with van der Waals surface area (Å²) in [4.78, 5) is 20.1. The maximum Gasteiger partial charge on any atom is 0.265 e. The van der Waals surface area contributed by atoms with E-state index in [0.717, 1.165) is 47.1 Å². The summed E-state index contributed by atoms with van der Waals surface area (Å²) >= 11 is 1.50. The Balaban J connectivity index is 0.00000144. The van der Waals surface area contributed by atoms with Gasteiger partial charge >= 0.3 is 0 Å². The fourth-order valence-electron chi connectivity index (χ4n) is 2.84. The smallest absolute Gasteiger partial charge is 0.265 e. The summed E-state index contributed by atoms with van der Waals surface area (Å²) < 4.78 is 0. The van der Waals surface area contributed by atoms with E-state index in [4.69, 9.17) is 0 Å². The van der Waals surface area contributed by atoms with Crippen LogP contribution in [0.1, 0.15) is 28.2 Å². The van der Waals surface area contributed by atoms with Gasteiger partial charge in [0.05, 0.1) is 5.69 Å². The van der Waals surface area contributed by atoms with E-state index >= 15 is 0 Å². The molecule has 1 N–H and O–H groups in total. The van der Waals surface area contributed by atoms with Crippen molar-refractivity contribution in [3.8, 4) is 10.6 Å². The lowest BCUT2D eigenvalue weighted by atomic mass is 10.1. The van der Waals surface area contributed by atoms with Gasteiger partial charge in [-0.2, -0.15) is 0 Å². The molecule has 3 rings (SSSR count). The molecule has 2 heterocycles. The molecule has 1 unspecified atom stereocenters. The molecule has 2 aromatic rings. The number of likely N-dealkylation sites (N-methyl/N-ethyl adjacent to an activating group) is 1. The maximum absolute atomic E-state index is 12.8. The number of hydrogen-bond acceptors (Lipinski definition) is 4. The number of likely N-dealkylation sites (tertiary alicyclic amines) is 1. The van der Waals surface area contributed by atoms with Gasteiger partial charge in [-0.3, -0.25) is 4.79 Å². The number of nitrogens with zero attached hydrogens (tertiary/aromatic N) is 2. The number of amides is 1. The molecule has 0 aliphatic carbocycles. The third-order valence-electron chi connectivity index (χ3n) is 4.13. The highest BCUT2D eigenvalue weighted by Crippen LogP contribution is 2.29. The number of aromatic nitrogens is 1. The summed E-state index contributed by atoms with van der Waals surface area (Å²) in [7, 11) is 1.96. The van der Waals surface area contributed by atoms with Gasteiger partial charge in [-0.05, 0) is 26.8 Å². The second-order valence-electron chi connectivity index (χ2n) is 5.68. The molecule has 0 bridgehead atoms. The Hall–Kier alpha value is -1.14. The van der Waals surface area contributed by atoms with Crippen LogP contribution in [-0.4, -0.2) is 42.0 Å². The van der Waals surface area contributed by atoms with Crippen LogP contribution < -0.4 is 5.32 Å². The number of hydrogen-bond donors (Lipinski definition) is 1. The average molecular weight is 388 g/mol. The lowest BCUT2D eigenvalue weighted by Gasteiger charge is -2.32. The normalized spacial score (nSPS) is 16.9. The maximum atomic E-state index is 12.8. The van der Waals surface area contributed by atoms with Gasteiger partial charge in [0.15, 0.2) is 0 Å². The zero-order valence-electron chi connectivity index (χ0n) is 13.8. The molecule has 132 valence electrons. The monoisotopic (exact) mass is 387 g/mol. The van der Waals surface area contributed by atoms with E-state index in [1.54, 1.807) is 0 Å². The Kier molecular flexibility index (Phi) is 8.16. The lowest BCUT2D eigenvalue weighted by Crippen LogP contribution is -2.46. The lowest BCUT2D eigenvalue weighted by molar-refractivity contribution is 0.0702. The van der Waals surface area contributed by atoms with E-state index < -0.39 is 0 Å². The first-order valence-corrected chi connectivity index (χ1v) is 8.50. The summed E-state index contributed by atoms with van der Waals surface area (Å²) in [5.41, 5.74) is 1.90. The zero-order valence-corrected chi connectivity index (χ0v) is 16.3. The Labute approximate surface area is 159 Å². The number of benzene rings is 1. The molecule has 1 aromatic carbocycles. The molecule has 24 heavy (non-hydrogen) atoms. The summed E-state index contributed by atoms with van der Waals surface area (Å²) in [6.45, 7) is 3.55. The molecule has 1 saturated heterocycles.